The highest BCUT2D eigenvalue weighted by Gasteiger charge is 2.31. The van der Waals surface area contributed by atoms with Crippen molar-refractivity contribution in [3.63, 3.8) is 0 Å². The summed E-state index contributed by atoms with van der Waals surface area (Å²) in [4.78, 5) is 11.7. The number of alkyl halides is 1. The zero-order valence-electron chi connectivity index (χ0n) is 14.3. The van der Waals surface area contributed by atoms with Gasteiger partial charge in [-0.15, -0.1) is 0 Å². The van der Waals surface area contributed by atoms with Crippen LogP contribution in [0, 0.1) is 0 Å². The summed E-state index contributed by atoms with van der Waals surface area (Å²) in [5.41, 5.74) is 5.61. The molecule has 3 heteroatoms. The number of rotatable bonds is 15. The van der Waals surface area contributed by atoms with Crippen molar-refractivity contribution in [2.24, 2.45) is 5.73 Å². The quantitative estimate of drug-likeness (QED) is 0.277. The Bertz CT molecular complexity index is 240. The van der Waals surface area contributed by atoms with E-state index in [9.17, 15) is 4.79 Å². The van der Waals surface area contributed by atoms with Gasteiger partial charge in [0.2, 0.25) is 5.91 Å². The van der Waals surface area contributed by atoms with Gasteiger partial charge in [-0.05, 0) is 12.8 Å². The highest BCUT2D eigenvalue weighted by atomic mass is 79.9. The molecule has 0 saturated carbocycles. The average molecular weight is 362 g/mol. The van der Waals surface area contributed by atoms with Crippen LogP contribution in [0.15, 0.2) is 0 Å². The second-order valence-electron chi connectivity index (χ2n) is 6.37. The van der Waals surface area contributed by atoms with Crippen LogP contribution in [0.1, 0.15) is 104 Å². The van der Waals surface area contributed by atoms with Gasteiger partial charge >= 0.3 is 0 Å². The molecule has 0 heterocycles. The Morgan fingerprint density at radius 3 is 1.43 bits per heavy atom. The lowest BCUT2D eigenvalue weighted by Gasteiger charge is -2.24. The molecule has 0 saturated heterocycles. The fourth-order valence-electron chi connectivity index (χ4n) is 2.74. The Balaban J connectivity index is 3.82. The zero-order valence-corrected chi connectivity index (χ0v) is 15.8. The molecule has 0 spiro atoms. The van der Waals surface area contributed by atoms with E-state index in [1.165, 1.54) is 64.2 Å². The van der Waals surface area contributed by atoms with Crippen LogP contribution < -0.4 is 5.73 Å². The molecule has 0 aliphatic carbocycles. The zero-order chi connectivity index (χ0) is 16.0. The molecule has 0 rings (SSSR count). The van der Waals surface area contributed by atoms with Gasteiger partial charge in [0.05, 0.1) is 0 Å². The van der Waals surface area contributed by atoms with Crippen molar-refractivity contribution in [1.29, 1.82) is 0 Å². The van der Waals surface area contributed by atoms with E-state index in [4.69, 9.17) is 5.73 Å². The maximum absolute atomic E-state index is 11.7. The van der Waals surface area contributed by atoms with Crippen molar-refractivity contribution in [2.45, 2.75) is 108 Å². The van der Waals surface area contributed by atoms with E-state index in [0.717, 1.165) is 25.7 Å². The predicted octanol–water partition coefficient (Wildman–Crippen LogP) is 6.11. The van der Waals surface area contributed by atoms with Crippen LogP contribution in [-0.4, -0.2) is 10.2 Å². The van der Waals surface area contributed by atoms with Crippen LogP contribution in [0.5, 0.6) is 0 Å². The van der Waals surface area contributed by atoms with Gasteiger partial charge in [-0.25, -0.2) is 0 Å². The SMILES string of the molecule is CCCCCCCCC(Br)(CCCCCCCC)C(N)=O. The van der Waals surface area contributed by atoms with Gasteiger partial charge < -0.3 is 5.73 Å². The van der Waals surface area contributed by atoms with Gasteiger partial charge in [0.1, 0.15) is 4.32 Å². The van der Waals surface area contributed by atoms with E-state index in [1.807, 2.05) is 0 Å². The first kappa shape index (κ1) is 20.9. The topological polar surface area (TPSA) is 43.1 Å². The highest BCUT2D eigenvalue weighted by molar-refractivity contribution is 9.10. The van der Waals surface area contributed by atoms with Crippen LogP contribution in [0.2, 0.25) is 0 Å². The Hall–Kier alpha value is -0.0500. The van der Waals surface area contributed by atoms with E-state index in [-0.39, 0.29) is 5.91 Å². The van der Waals surface area contributed by atoms with Crippen molar-refractivity contribution in [3.05, 3.63) is 0 Å². The molecule has 0 fully saturated rings. The number of primary amides is 1. The van der Waals surface area contributed by atoms with Gasteiger partial charge in [-0.3, -0.25) is 4.79 Å². The third kappa shape index (κ3) is 11.2. The minimum atomic E-state index is -0.456. The molecule has 1 amide bonds. The van der Waals surface area contributed by atoms with Crippen LogP contribution in [0.4, 0.5) is 0 Å². The number of hydrogen-bond acceptors (Lipinski definition) is 1. The molecule has 21 heavy (non-hydrogen) atoms. The van der Waals surface area contributed by atoms with E-state index >= 15 is 0 Å². The van der Waals surface area contributed by atoms with Crippen molar-refractivity contribution in [2.75, 3.05) is 0 Å². The highest BCUT2D eigenvalue weighted by Crippen LogP contribution is 2.31. The molecule has 0 aromatic rings. The van der Waals surface area contributed by atoms with Gasteiger partial charge in [-0.1, -0.05) is 107 Å². The Morgan fingerprint density at radius 2 is 1.10 bits per heavy atom. The van der Waals surface area contributed by atoms with E-state index in [1.54, 1.807) is 0 Å². The minimum Gasteiger partial charge on any atom is -0.368 e. The Morgan fingerprint density at radius 1 is 0.762 bits per heavy atom. The van der Waals surface area contributed by atoms with Crippen LogP contribution in [-0.2, 0) is 4.79 Å². The maximum Gasteiger partial charge on any atom is 0.234 e. The molecule has 0 unspecified atom stereocenters. The number of carbonyl (C=O) groups excluding carboxylic acids is 1. The predicted molar refractivity (Wildman–Crippen MR) is 96.8 cm³/mol. The van der Waals surface area contributed by atoms with Gasteiger partial charge in [0.15, 0.2) is 0 Å². The molecule has 2 N–H and O–H groups in total. The third-order valence-electron chi connectivity index (χ3n) is 4.29. The summed E-state index contributed by atoms with van der Waals surface area (Å²) in [6, 6.07) is 0. The van der Waals surface area contributed by atoms with Crippen LogP contribution >= 0.6 is 15.9 Å². The first-order chi connectivity index (χ1) is 10.1. The Kier molecular flexibility index (Phi) is 13.6. The molecule has 0 aliphatic heterocycles. The summed E-state index contributed by atoms with van der Waals surface area (Å²) >= 11 is 3.64. The summed E-state index contributed by atoms with van der Waals surface area (Å²) < 4.78 is -0.456. The van der Waals surface area contributed by atoms with E-state index < -0.39 is 4.32 Å². The second-order valence-corrected chi connectivity index (χ2v) is 7.88. The van der Waals surface area contributed by atoms with Gasteiger partial charge in [0.25, 0.3) is 0 Å². The number of carbonyl (C=O) groups is 1. The first-order valence-corrected chi connectivity index (χ1v) is 9.85. The largest absolute Gasteiger partial charge is 0.368 e. The van der Waals surface area contributed by atoms with Crippen LogP contribution in [0.25, 0.3) is 0 Å². The average Bonchev–Trinajstić information content (AvgIpc) is 2.46. The number of unbranched alkanes of at least 4 members (excludes halogenated alkanes) is 10. The molecule has 0 aromatic carbocycles. The molecule has 126 valence electrons. The maximum atomic E-state index is 11.7. The molecule has 0 radical (unpaired) electrons. The van der Waals surface area contributed by atoms with Gasteiger partial charge in [0, 0.05) is 0 Å². The van der Waals surface area contributed by atoms with E-state index in [2.05, 4.69) is 29.8 Å². The summed E-state index contributed by atoms with van der Waals surface area (Å²) in [6.07, 6.45) is 16.9. The second kappa shape index (κ2) is 13.6. The number of amides is 1. The molecular formula is C18H36BrNO. The molecule has 0 atom stereocenters. The first-order valence-electron chi connectivity index (χ1n) is 9.05. The lowest BCUT2D eigenvalue weighted by Crippen LogP contribution is -2.38. The number of hydrogen-bond donors (Lipinski definition) is 1. The Labute approximate surface area is 140 Å². The van der Waals surface area contributed by atoms with E-state index in [0.29, 0.717) is 0 Å². The molecular weight excluding hydrogens is 326 g/mol. The molecule has 0 aliphatic rings. The molecule has 2 nitrogen and oxygen atoms in total. The lowest BCUT2D eigenvalue weighted by molar-refractivity contribution is -0.120. The summed E-state index contributed by atoms with van der Waals surface area (Å²) in [5.74, 6) is -0.176. The van der Waals surface area contributed by atoms with Crippen molar-refractivity contribution < 1.29 is 4.79 Å². The standard InChI is InChI=1S/C18H36BrNO/c1-3-5-7-9-11-13-15-18(19,17(20)21)16-14-12-10-8-6-4-2/h3-16H2,1-2H3,(H2,20,21). The molecule has 0 bridgehead atoms. The van der Waals surface area contributed by atoms with Crippen molar-refractivity contribution in [3.8, 4) is 0 Å². The fourth-order valence-corrected chi connectivity index (χ4v) is 3.30. The fraction of sp³-hybridized carbons (Fsp3) is 0.944. The van der Waals surface area contributed by atoms with Crippen LogP contribution in [0.3, 0.4) is 0 Å². The smallest absolute Gasteiger partial charge is 0.234 e. The summed E-state index contributed by atoms with van der Waals surface area (Å²) in [5, 5.41) is 0. The summed E-state index contributed by atoms with van der Waals surface area (Å²) in [6.45, 7) is 4.47. The normalized spacial score (nSPS) is 11.8. The number of halogens is 1. The van der Waals surface area contributed by atoms with Gasteiger partial charge in [-0.2, -0.15) is 0 Å². The monoisotopic (exact) mass is 361 g/mol. The third-order valence-corrected chi connectivity index (χ3v) is 5.48. The molecule has 0 aromatic heterocycles. The van der Waals surface area contributed by atoms with Crippen molar-refractivity contribution >= 4 is 21.8 Å². The lowest BCUT2D eigenvalue weighted by atomic mass is 9.93. The van der Waals surface area contributed by atoms with Crippen molar-refractivity contribution in [1.82, 2.24) is 0 Å². The number of nitrogens with two attached hydrogens (primary N) is 1. The summed E-state index contributed by atoms with van der Waals surface area (Å²) in [7, 11) is 0. The minimum absolute atomic E-state index is 0.176.